The van der Waals surface area contributed by atoms with Crippen LogP contribution in [0, 0.1) is 29.9 Å². The summed E-state index contributed by atoms with van der Waals surface area (Å²) in [6.45, 7) is 6.93. The summed E-state index contributed by atoms with van der Waals surface area (Å²) in [5.41, 5.74) is 7.74. The van der Waals surface area contributed by atoms with E-state index in [4.69, 9.17) is 15.6 Å². The largest absolute Gasteiger partial charge is 0.462 e. The lowest BCUT2D eigenvalue weighted by Crippen LogP contribution is -2.48. The number of piperidine rings is 1. The Kier molecular flexibility index (Phi) is 10.6. The molecule has 7 rings (SSSR count). The average Bonchev–Trinajstić information content (AvgIpc) is 3.75. The molecule has 1 atom stereocenters. The highest BCUT2D eigenvalue weighted by Crippen LogP contribution is 2.38. The van der Waals surface area contributed by atoms with Gasteiger partial charge >= 0.3 is 5.97 Å². The van der Waals surface area contributed by atoms with Gasteiger partial charge in [0.1, 0.15) is 36.0 Å². The number of carbonyl (C=O) groups is 3. The van der Waals surface area contributed by atoms with Gasteiger partial charge in [0.15, 0.2) is 5.78 Å². The molecular weight excluding hydrogens is 710 g/mol. The number of hydrogen-bond donors (Lipinski definition) is 3. The molecule has 4 N–H and O–H groups in total. The number of nitrogens with one attached hydrogen (secondary N) is 1. The molecule has 4 aromatic rings. The van der Waals surface area contributed by atoms with Crippen LogP contribution in [0.25, 0.3) is 5.69 Å². The zero-order chi connectivity index (χ0) is 39.1. The summed E-state index contributed by atoms with van der Waals surface area (Å²) in [5.74, 6) is -2.61. The molecule has 0 spiro atoms. The third-order valence-corrected chi connectivity index (χ3v) is 11.3. The second-order valence-electron chi connectivity index (χ2n) is 16.2. The van der Waals surface area contributed by atoms with Crippen LogP contribution in [0.15, 0.2) is 49.1 Å². The number of Topliss-reactive ketones (excluding diaryl/α,β-unsaturated/α-hetero) is 1. The smallest absolute Gasteiger partial charge is 0.309 e. The van der Waals surface area contributed by atoms with E-state index >= 15 is 0 Å². The second kappa shape index (κ2) is 15.3. The van der Waals surface area contributed by atoms with Gasteiger partial charge in [-0.3, -0.25) is 19.3 Å². The Balaban J connectivity index is 0.939. The van der Waals surface area contributed by atoms with Crippen LogP contribution in [0.4, 0.5) is 14.5 Å². The number of aliphatic hydroxyl groups is 1. The molecule has 0 radical (unpaired) electrons. The number of benzene rings is 2. The number of ether oxygens (including phenoxy) is 1. The molecule has 2 aromatic carbocycles. The number of halogens is 2. The van der Waals surface area contributed by atoms with Gasteiger partial charge in [0.2, 0.25) is 0 Å². The number of esters is 1. The van der Waals surface area contributed by atoms with Crippen molar-refractivity contribution in [3.05, 3.63) is 88.8 Å². The summed E-state index contributed by atoms with van der Waals surface area (Å²) in [6.07, 6.45) is 7.42. The van der Waals surface area contributed by atoms with Crippen LogP contribution in [0.3, 0.4) is 0 Å². The van der Waals surface area contributed by atoms with E-state index in [1.165, 1.54) is 23.4 Å². The van der Waals surface area contributed by atoms with Crippen LogP contribution < -0.4 is 11.1 Å². The fourth-order valence-electron chi connectivity index (χ4n) is 8.52. The Hall–Kier alpha value is -5.02. The van der Waals surface area contributed by atoms with E-state index in [1.807, 2.05) is 22.6 Å². The van der Waals surface area contributed by atoms with Crippen LogP contribution in [0.1, 0.15) is 96.5 Å². The molecule has 13 nitrogen and oxygen atoms in total. The molecule has 55 heavy (non-hydrogen) atoms. The summed E-state index contributed by atoms with van der Waals surface area (Å²) in [6, 6.07) is 8.50. The van der Waals surface area contributed by atoms with Gasteiger partial charge in [-0.15, -0.1) is 0 Å². The number of hydrogen-bond acceptors (Lipinski definition) is 10. The van der Waals surface area contributed by atoms with Crippen LogP contribution in [0.5, 0.6) is 0 Å². The molecule has 1 saturated carbocycles. The molecule has 2 fully saturated rings. The van der Waals surface area contributed by atoms with E-state index in [0.29, 0.717) is 87.0 Å². The number of anilines is 1. The first-order valence-corrected chi connectivity index (χ1v) is 18.9. The maximum Gasteiger partial charge on any atom is 0.309 e. The Morgan fingerprint density at radius 3 is 2.45 bits per heavy atom. The van der Waals surface area contributed by atoms with E-state index in [-0.39, 0.29) is 53.9 Å². The highest BCUT2D eigenvalue weighted by molar-refractivity contribution is 6.00. The molecule has 1 amide bonds. The normalized spacial score (nSPS) is 21.5. The van der Waals surface area contributed by atoms with Crippen molar-refractivity contribution >= 4 is 23.3 Å². The van der Waals surface area contributed by atoms with E-state index in [1.54, 1.807) is 12.1 Å². The lowest BCUT2D eigenvalue weighted by Gasteiger charge is -2.38. The van der Waals surface area contributed by atoms with Crippen molar-refractivity contribution in [1.82, 2.24) is 29.4 Å². The van der Waals surface area contributed by atoms with Gasteiger partial charge in [0.05, 0.1) is 40.7 Å². The topological polar surface area (TPSA) is 170 Å². The van der Waals surface area contributed by atoms with Gasteiger partial charge in [-0.25, -0.2) is 23.1 Å². The standard InChI is InChI=1S/C40H48F2N8O5/c1-24-36-34(18-39(2,3)19-35(36)51)50(47-24)28-7-10-30(37(43)52)33(17-28)46-27-5-8-29(9-6-27)55-38(53)25-12-14-48(15-13-25)20-40(54,21-49-23-44-22-45-49)31-11-4-26(41)16-32(31)42/h4,7,10-11,16-17,22-23,25,27,29,46,54H,5-6,8-9,12-15,18-21H2,1-3H3,(H2,43,52)/t27?,29?,40-/m0/s1. The summed E-state index contributed by atoms with van der Waals surface area (Å²) < 4.78 is 37.8. The summed E-state index contributed by atoms with van der Waals surface area (Å²) in [7, 11) is 0. The Bertz CT molecular complexity index is 2070. The number of fused-ring (bicyclic) bond motifs is 1. The summed E-state index contributed by atoms with van der Waals surface area (Å²) in [4.78, 5) is 44.6. The number of rotatable bonds is 11. The number of nitrogens with zero attached hydrogens (tertiary/aromatic N) is 6. The molecule has 1 aliphatic heterocycles. The minimum absolute atomic E-state index is 0.0162. The van der Waals surface area contributed by atoms with E-state index in [2.05, 4.69) is 29.2 Å². The van der Waals surface area contributed by atoms with Gasteiger partial charge in [-0.1, -0.05) is 19.9 Å². The molecule has 0 bridgehead atoms. The van der Waals surface area contributed by atoms with Gasteiger partial charge in [0.25, 0.3) is 5.91 Å². The molecule has 15 heteroatoms. The van der Waals surface area contributed by atoms with Crippen molar-refractivity contribution < 1.29 is 33.0 Å². The van der Waals surface area contributed by atoms with Crippen molar-refractivity contribution in [3.8, 4) is 5.69 Å². The first-order valence-electron chi connectivity index (χ1n) is 18.9. The molecule has 3 heterocycles. The van der Waals surface area contributed by atoms with Crippen molar-refractivity contribution in [1.29, 1.82) is 0 Å². The Labute approximate surface area is 318 Å². The highest BCUT2D eigenvalue weighted by atomic mass is 19.1. The minimum atomic E-state index is -1.72. The first-order chi connectivity index (χ1) is 26.2. The highest BCUT2D eigenvalue weighted by Gasteiger charge is 2.39. The minimum Gasteiger partial charge on any atom is -0.462 e. The third-order valence-electron chi connectivity index (χ3n) is 11.3. The number of ketones is 1. The van der Waals surface area contributed by atoms with Gasteiger partial charge < -0.3 is 20.9 Å². The van der Waals surface area contributed by atoms with Crippen LogP contribution >= 0.6 is 0 Å². The number of nitrogens with two attached hydrogens (primary N) is 1. The second-order valence-corrected chi connectivity index (χ2v) is 16.2. The summed E-state index contributed by atoms with van der Waals surface area (Å²) in [5, 5.41) is 24.0. The lowest BCUT2D eigenvalue weighted by molar-refractivity contribution is -0.157. The monoisotopic (exact) mass is 758 g/mol. The van der Waals surface area contributed by atoms with E-state index in [0.717, 1.165) is 23.5 Å². The first kappa shape index (κ1) is 38.3. The Morgan fingerprint density at radius 2 is 1.78 bits per heavy atom. The molecule has 292 valence electrons. The molecule has 0 unspecified atom stereocenters. The lowest BCUT2D eigenvalue weighted by atomic mass is 9.75. The van der Waals surface area contributed by atoms with E-state index in [9.17, 15) is 28.3 Å². The zero-order valence-electron chi connectivity index (χ0n) is 31.4. The third kappa shape index (κ3) is 8.32. The number of aryl methyl sites for hydroxylation is 1. The van der Waals surface area contributed by atoms with Crippen LogP contribution in [-0.4, -0.2) is 84.0 Å². The molecular formula is C40H48F2N8O5. The van der Waals surface area contributed by atoms with Crippen molar-refractivity contribution in [2.45, 2.75) is 96.4 Å². The number of β-amino-alcohol motifs (C(OH)–C–C–N with tert-alkyl or cyclic N) is 1. The van der Waals surface area contributed by atoms with E-state index < -0.39 is 23.1 Å². The predicted molar refractivity (Wildman–Crippen MR) is 198 cm³/mol. The quantitative estimate of drug-likeness (QED) is 0.179. The van der Waals surface area contributed by atoms with Gasteiger partial charge in [-0.2, -0.15) is 10.2 Å². The van der Waals surface area contributed by atoms with Crippen LogP contribution in [-0.2, 0) is 28.1 Å². The Morgan fingerprint density at radius 1 is 1.04 bits per heavy atom. The molecule has 2 aliphatic carbocycles. The van der Waals surface area contributed by atoms with Crippen molar-refractivity contribution in [2.24, 2.45) is 17.1 Å². The zero-order valence-corrected chi connectivity index (χ0v) is 31.4. The molecule has 2 aromatic heterocycles. The fourth-order valence-corrected chi connectivity index (χ4v) is 8.52. The molecule has 3 aliphatic rings. The number of aromatic nitrogens is 5. The summed E-state index contributed by atoms with van der Waals surface area (Å²) >= 11 is 0. The van der Waals surface area contributed by atoms with Gasteiger partial charge in [-0.05, 0) is 94.6 Å². The number of primary amides is 1. The molecule has 1 saturated heterocycles. The number of amides is 1. The SMILES string of the molecule is Cc1nn(-c2ccc(C(N)=O)c(NC3CCC(OC(=O)C4CCN(C[C@](O)(Cn5cncn5)c5ccc(F)cc5F)CC4)CC3)c2)c2c1C(=O)CC(C)(C)C2. The fraction of sp³-hybridized carbons (Fsp3) is 0.500. The van der Waals surface area contributed by atoms with Crippen molar-refractivity contribution in [3.63, 3.8) is 0 Å². The van der Waals surface area contributed by atoms with Gasteiger partial charge in [0, 0.05) is 36.3 Å². The predicted octanol–water partition coefficient (Wildman–Crippen LogP) is 4.87. The number of likely N-dealkylation sites (tertiary alicyclic amines) is 1. The number of carbonyl (C=O) groups excluding carboxylic acids is 3. The maximum atomic E-state index is 14.9. The average molecular weight is 759 g/mol. The van der Waals surface area contributed by atoms with Crippen molar-refractivity contribution in [2.75, 3.05) is 25.0 Å². The maximum absolute atomic E-state index is 14.9. The van der Waals surface area contributed by atoms with Crippen LogP contribution in [0.2, 0.25) is 0 Å².